The minimum absolute atomic E-state index is 0.233. The molecule has 10 nitrogen and oxygen atoms in total. The predicted molar refractivity (Wildman–Crippen MR) is 213 cm³/mol. The zero-order chi connectivity index (χ0) is 36.6. The first-order chi connectivity index (χ1) is 25.2. The summed E-state index contributed by atoms with van der Waals surface area (Å²) in [4.78, 5) is 23.9. The lowest BCUT2D eigenvalue weighted by Crippen LogP contribution is -2.30. The van der Waals surface area contributed by atoms with E-state index in [-0.39, 0.29) is 12.6 Å². The van der Waals surface area contributed by atoms with Crippen LogP contribution in [0.15, 0.2) is 84.9 Å². The maximum Gasteiger partial charge on any atom is 0.411 e. The second-order valence-corrected chi connectivity index (χ2v) is 13.4. The van der Waals surface area contributed by atoms with Gasteiger partial charge in [-0.05, 0) is 150 Å². The Hall–Kier alpha value is -5.77. The molecule has 6 rings (SSSR count). The van der Waals surface area contributed by atoms with Gasteiger partial charge in [-0.15, -0.1) is 0 Å². The van der Waals surface area contributed by atoms with Crippen LogP contribution in [-0.4, -0.2) is 48.6 Å². The first-order valence-corrected chi connectivity index (χ1v) is 17.8. The average molecular weight is 731 g/mol. The van der Waals surface area contributed by atoms with Crippen LogP contribution in [-0.2, 0) is 27.1 Å². The number of ether oxygens (including phenoxy) is 2. The van der Waals surface area contributed by atoms with Crippen LogP contribution in [0.4, 0.5) is 21.9 Å². The number of amides is 1. The van der Waals surface area contributed by atoms with Gasteiger partial charge >= 0.3 is 12.1 Å². The van der Waals surface area contributed by atoms with Crippen molar-refractivity contribution in [3.63, 3.8) is 0 Å². The van der Waals surface area contributed by atoms with Crippen LogP contribution in [0, 0.1) is 11.3 Å². The number of hydrogen-bond acceptors (Lipinski definition) is 7. The Morgan fingerprint density at radius 3 is 1.62 bits per heavy atom. The van der Waals surface area contributed by atoms with Crippen LogP contribution >= 0.6 is 24.4 Å². The maximum absolute atomic E-state index is 12.4. The molecule has 0 aromatic heterocycles. The maximum atomic E-state index is 12.4. The lowest BCUT2D eigenvalue weighted by Gasteiger charge is -2.12. The number of esters is 1. The van der Waals surface area contributed by atoms with Crippen LogP contribution in [0.2, 0.25) is 0 Å². The van der Waals surface area contributed by atoms with Gasteiger partial charge in [0.2, 0.25) is 0 Å². The summed E-state index contributed by atoms with van der Waals surface area (Å²) >= 11 is 11.0. The van der Waals surface area contributed by atoms with Crippen molar-refractivity contribution < 1.29 is 19.1 Å². The summed E-state index contributed by atoms with van der Waals surface area (Å²) in [5.41, 5.74) is 12.7. The summed E-state index contributed by atoms with van der Waals surface area (Å²) in [6.45, 7) is 6.83. The van der Waals surface area contributed by atoms with E-state index >= 15 is 0 Å². The van der Waals surface area contributed by atoms with Gasteiger partial charge in [-0.2, -0.15) is 5.26 Å². The Kier molecular flexibility index (Phi) is 11.4. The van der Waals surface area contributed by atoms with E-state index in [0.29, 0.717) is 59.6 Å². The molecule has 0 fully saturated rings. The van der Waals surface area contributed by atoms with Crippen molar-refractivity contribution in [2.24, 2.45) is 0 Å². The molecule has 0 saturated heterocycles. The van der Waals surface area contributed by atoms with Crippen LogP contribution < -0.4 is 26.6 Å². The molecule has 0 spiro atoms. The largest absolute Gasteiger partial charge is 0.462 e. The number of carbonyl (C=O) groups is 2. The van der Waals surface area contributed by atoms with Crippen LogP contribution in [0.25, 0.3) is 22.3 Å². The standard InChI is InChI=1S/C40H38N6O4S2/c1-24(2)37(47)49-15-3-13-42-38(51)44-30-6-10-35-28(20-30)19-29-21-31(7-11-36(29)35)45-39(52)43-14-4-16-50-40(48)46-32-8-12-34-27(22-32)18-26-17-25(23-41)5-9-33(26)34/h5-12,17,20-22H,1,3-4,13-16,18-19H2,2H3,(H,46,48)(H2,42,44,51)(H2,43,45,52). The average Bonchev–Trinajstić information content (AvgIpc) is 3.67. The molecule has 5 N–H and O–H groups in total. The topological polar surface area (TPSA) is 137 Å². The molecule has 264 valence electrons. The summed E-state index contributed by atoms with van der Waals surface area (Å²) in [5.74, 6) is -0.387. The van der Waals surface area contributed by atoms with Gasteiger partial charge in [0, 0.05) is 35.7 Å². The van der Waals surface area contributed by atoms with E-state index in [9.17, 15) is 14.9 Å². The molecule has 52 heavy (non-hydrogen) atoms. The summed E-state index contributed by atoms with van der Waals surface area (Å²) in [5, 5.41) is 25.8. The van der Waals surface area contributed by atoms with E-state index in [4.69, 9.17) is 33.9 Å². The summed E-state index contributed by atoms with van der Waals surface area (Å²) in [6.07, 6.45) is 2.20. The molecular weight excluding hydrogens is 693 g/mol. The van der Waals surface area contributed by atoms with Crippen molar-refractivity contribution in [3.8, 4) is 28.3 Å². The number of thiocarbonyl (C=S) groups is 2. The van der Waals surface area contributed by atoms with Gasteiger partial charge < -0.3 is 30.7 Å². The first kappa shape index (κ1) is 36.0. The molecule has 0 bridgehead atoms. The molecule has 4 aromatic rings. The fourth-order valence-corrected chi connectivity index (χ4v) is 6.67. The third-order valence-corrected chi connectivity index (χ3v) is 9.18. The Morgan fingerprint density at radius 1 is 0.692 bits per heavy atom. The number of fused-ring (bicyclic) bond motifs is 6. The SMILES string of the molecule is C=C(C)C(=O)OCCCNC(=S)Nc1ccc2c(c1)Cc1cc(NC(=S)NCCCOC(=O)Nc3ccc4c(c3)Cc3cc(C#N)ccc3-4)ccc1-2. The fraction of sp³-hybridized carbons (Fsp3) is 0.225. The Labute approximate surface area is 313 Å². The van der Waals surface area contributed by atoms with Crippen molar-refractivity contribution in [3.05, 3.63) is 113 Å². The molecule has 2 aliphatic carbocycles. The number of carbonyl (C=O) groups excluding carboxylic acids is 2. The lowest BCUT2D eigenvalue weighted by atomic mass is 10.0. The number of nitrogens with one attached hydrogen (secondary N) is 5. The van der Waals surface area contributed by atoms with Crippen LogP contribution in [0.3, 0.4) is 0 Å². The quantitative estimate of drug-likeness (QED) is 0.0373. The first-order valence-electron chi connectivity index (χ1n) is 17.0. The minimum Gasteiger partial charge on any atom is -0.462 e. The van der Waals surface area contributed by atoms with Gasteiger partial charge in [0.25, 0.3) is 0 Å². The normalized spacial score (nSPS) is 11.5. The van der Waals surface area contributed by atoms with Crippen molar-refractivity contribution >= 4 is 63.8 Å². The predicted octanol–water partition coefficient (Wildman–Crippen LogP) is 7.42. The highest BCUT2D eigenvalue weighted by molar-refractivity contribution is 7.80. The zero-order valence-corrected chi connectivity index (χ0v) is 30.3. The second-order valence-electron chi connectivity index (χ2n) is 12.6. The number of rotatable bonds is 12. The van der Waals surface area contributed by atoms with Gasteiger partial charge in [-0.25, -0.2) is 9.59 Å². The number of nitriles is 1. The van der Waals surface area contributed by atoms with E-state index in [1.165, 1.54) is 22.3 Å². The molecule has 2 aliphatic rings. The molecule has 12 heteroatoms. The van der Waals surface area contributed by atoms with Gasteiger partial charge in [0.05, 0.1) is 24.8 Å². The smallest absolute Gasteiger partial charge is 0.411 e. The zero-order valence-electron chi connectivity index (χ0n) is 28.7. The van der Waals surface area contributed by atoms with Crippen LogP contribution in [0.5, 0.6) is 0 Å². The second kappa shape index (κ2) is 16.5. The van der Waals surface area contributed by atoms with E-state index in [1.54, 1.807) is 6.92 Å². The highest BCUT2D eigenvalue weighted by Crippen LogP contribution is 2.40. The van der Waals surface area contributed by atoms with Crippen molar-refractivity contribution in [1.29, 1.82) is 5.26 Å². The van der Waals surface area contributed by atoms with Gasteiger partial charge in [-0.1, -0.05) is 30.8 Å². The number of anilines is 3. The Balaban J connectivity index is 0.884. The lowest BCUT2D eigenvalue weighted by molar-refractivity contribution is -0.138. The summed E-state index contributed by atoms with van der Waals surface area (Å²) < 4.78 is 10.5. The number of nitrogens with zero attached hydrogens (tertiary/aromatic N) is 1. The van der Waals surface area contributed by atoms with E-state index in [1.807, 2.05) is 48.5 Å². The third-order valence-electron chi connectivity index (χ3n) is 8.68. The third kappa shape index (κ3) is 8.93. The highest BCUT2D eigenvalue weighted by atomic mass is 32.1. The molecule has 0 unspecified atom stereocenters. The molecule has 4 aromatic carbocycles. The molecule has 0 heterocycles. The van der Waals surface area contributed by atoms with Crippen molar-refractivity contribution in [2.45, 2.75) is 32.6 Å². The van der Waals surface area contributed by atoms with Crippen molar-refractivity contribution in [1.82, 2.24) is 10.6 Å². The van der Waals surface area contributed by atoms with E-state index < -0.39 is 6.09 Å². The van der Waals surface area contributed by atoms with E-state index in [2.05, 4.69) is 63.5 Å². The molecular formula is C40H38N6O4S2. The Bertz CT molecular complexity index is 2130. The van der Waals surface area contributed by atoms with Gasteiger partial charge in [0.1, 0.15) is 0 Å². The van der Waals surface area contributed by atoms with Gasteiger partial charge in [-0.3, -0.25) is 5.32 Å². The monoisotopic (exact) mass is 730 g/mol. The summed E-state index contributed by atoms with van der Waals surface area (Å²) in [7, 11) is 0. The Morgan fingerprint density at radius 2 is 1.13 bits per heavy atom. The number of hydrogen-bond donors (Lipinski definition) is 5. The molecule has 0 aliphatic heterocycles. The summed E-state index contributed by atoms with van der Waals surface area (Å²) in [6, 6.07) is 26.2. The molecule has 0 atom stereocenters. The highest BCUT2D eigenvalue weighted by Gasteiger charge is 2.21. The molecule has 0 saturated carbocycles. The van der Waals surface area contributed by atoms with Crippen LogP contribution in [0.1, 0.15) is 47.6 Å². The van der Waals surface area contributed by atoms with Crippen molar-refractivity contribution in [2.75, 3.05) is 42.3 Å². The van der Waals surface area contributed by atoms with E-state index in [0.717, 1.165) is 46.5 Å². The number of benzene rings is 4. The minimum atomic E-state index is -0.514. The molecule has 0 radical (unpaired) electrons. The van der Waals surface area contributed by atoms with Gasteiger partial charge in [0.15, 0.2) is 10.2 Å². The molecule has 1 amide bonds. The fourth-order valence-electron chi connectivity index (χ4n) is 6.23.